The van der Waals surface area contributed by atoms with Gasteiger partial charge in [0, 0.05) is 11.6 Å². The van der Waals surface area contributed by atoms with Gasteiger partial charge in [-0.05, 0) is 55.9 Å². The number of benzene rings is 2. The third-order valence-electron chi connectivity index (χ3n) is 4.86. The molecule has 0 saturated carbocycles. The molecule has 0 bridgehead atoms. The van der Waals surface area contributed by atoms with Crippen LogP contribution in [0.25, 0.3) is 0 Å². The predicted molar refractivity (Wildman–Crippen MR) is 97.2 cm³/mol. The lowest BCUT2D eigenvalue weighted by molar-refractivity contribution is 0.0345. The number of nitrogens with two attached hydrogens (primary N) is 1. The van der Waals surface area contributed by atoms with Gasteiger partial charge in [-0.3, -0.25) is 0 Å². The van der Waals surface area contributed by atoms with Gasteiger partial charge in [0.15, 0.2) is 0 Å². The zero-order valence-electron chi connectivity index (χ0n) is 14.7. The quantitative estimate of drug-likeness (QED) is 0.810. The Morgan fingerprint density at radius 1 is 1.20 bits per heavy atom. The van der Waals surface area contributed by atoms with Crippen molar-refractivity contribution in [1.29, 1.82) is 0 Å². The summed E-state index contributed by atoms with van der Waals surface area (Å²) in [4.78, 5) is 0. The second kappa shape index (κ2) is 8.45. The first-order valence-electron chi connectivity index (χ1n) is 8.94. The van der Waals surface area contributed by atoms with Crippen molar-refractivity contribution in [1.82, 2.24) is 0 Å². The van der Waals surface area contributed by atoms with Crippen molar-refractivity contribution in [3.63, 3.8) is 0 Å². The first-order valence-corrected chi connectivity index (χ1v) is 8.94. The molecule has 3 rings (SSSR count). The zero-order chi connectivity index (χ0) is 17.6. The molecule has 0 amide bonds. The highest BCUT2D eigenvalue weighted by Gasteiger charge is 2.29. The number of hydrogen-bond acceptors (Lipinski definition) is 3. The number of rotatable bonds is 7. The average molecular weight is 343 g/mol. The maximum absolute atomic E-state index is 13.6. The third-order valence-corrected chi connectivity index (χ3v) is 4.86. The predicted octanol–water partition coefficient (Wildman–Crippen LogP) is 4.40. The van der Waals surface area contributed by atoms with Gasteiger partial charge < -0.3 is 15.2 Å². The van der Waals surface area contributed by atoms with E-state index in [1.54, 1.807) is 13.2 Å². The molecule has 134 valence electrons. The summed E-state index contributed by atoms with van der Waals surface area (Å²) in [5, 5.41) is 0. The topological polar surface area (TPSA) is 44.5 Å². The van der Waals surface area contributed by atoms with E-state index in [2.05, 4.69) is 24.3 Å². The van der Waals surface area contributed by atoms with Gasteiger partial charge in [-0.15, -0.1) is 0 Å². The average Bonchev–Trinajstić information content (AvgIpc) is 3.09. The van der Waals surface area contributed by atoms with Crippen LogP contribution in [-0.4, -0.2) is 19.3 Å². The molecule has 4 heteroatoms. The third kappa shape index (κ3) is 4.80. The molecule has 2 aromatic rings. The Morgan fingerprint density at radius 2 is 2.00 bits per heavy atom. The van der Waals surface area contributed by atoms with Crippen LogP contribution in [0.4, 0.5) is 4.39 Å². The monoisotopic (exact) mass is 343 g/mol. The maximum atomic E-state index is 13.6. The molecule has 1 aliphatic rings. The Hall–Kier alpha value is -1.91. The lowest BCUT2D eigenvalue weighted by Crippen LogP contribution is -2.26. The van der Waals surface area contributed by atoms with E-state index in [1.807, 2.05) is 6.07 Å². The Labute approximate surface area is 148 Å². The van der Waals surface area contributed by atoms with E-state index in [0.717, 1.165) is 37.7 Å². The second-order valence-electron chi connectivity index (χ2n) is 6.73. The minimum atomic E-state index is -0.262. The highest BCUT2D eigenvalue weighted by Crippen LogP contribution is 2.39. The molecule has 1 aliphatic heterocycles. The van der Waals surface area contributed by atoms with E-state index in [9.17, 15) is 4.39 Å². The van der Waals surface area contributed by atoms with Crippen LogP contribution in [0.2, 0.25) is 0 Å². The van der Waals surface area contributed by atoms with Gasteiger partial charge in [0.05, 0.1) is 19.3 Å². The van der Waals surface area contributed by atoms with E-state index in [-0.39, 0.29) is 24.1 Å². The highest BCUT2D eigenvalue weighted by atomic mass is 19.1. The van der Waals surface area contributed by atoms with Crippen LogP contribution in [-0.2, 0) is 11.2 Å². The van der Waals surface area contributed by atoms with Crippen LogP contribution in [0, 0.1) is 5.82 Å². The smallest absolute Gasteiger partial charge is 0.124 e. The van der Waals surface area contributed by atoms with E-state index >= 15 is 0 Å². The summed E-state index contributed by atoms with van der Waals surface area (Å²) < 4.78 is 25.1. The first-order chi connectivity index (χ1) is 12.2. The maximum Gasteiger partial charge on any atom is 0.124 e. The molecule has 3 unspecified atom stereocenters. The van der Waals surface area contributed by atoms with Crippen LogP contribution in [0.3, 0.4) is 0 Å². The summed E-state index contributed by atoms with van der Waals surface area (Å²) in [6, 6.07) is 15.1. The molecule has 0 aliphatic carbocycles. The minimum Gasteiger partial charge on any atom is -0.496 e. The van der Waals surface area contributed by atoms with Gasteiger partial charge in [0.1, 0.15) is 11.6 Å². The van der Waals surface area contributed by atoms with E-state index < -0.39 is 0 Å². The Morgan fingerprint density at radius 3 is 2.76 bits per heavy atom. The van der Waals surface area contributed by atoms with Crippen LogP contribution < -0.4 is 10.5 Å². The Kier molecular flexibility index (Phi) is 6.05. The molecule has 0 radical (unpaired) electrons. The summed E-state index contributed by atoms with van der Waals surface area (Å²) in [5.41, 5.74) is 8.41. The lowest BCUT2D eigenvalue weighted by Gasteiger charge is -2.19. The number of methoxy groups -OCH3 is 1. The number of ether oxygens (including phenoxy) is 2. The molecule has 0 spiro atoms. The summed E-state index contributed by atoms with van der Waals surface area (Å²) in [6.45, 7) is 0. The standard InChI is InChI=1S/C21H26FNO2/c1-24-20-11-8-16(22)13-19(20)21-12-10-18(25-21)14-17(23)9-7-15-5-3-2-4-6-15/h2-6,8,11,13,17-18,21H,7,9-10,12,14,23H2,1H3. The largest absolute Gasteiger partial charge is 0.496 e. The van der Waals surface area contributed by atoms with Gasteiger partial charge in [-0.1, -0.05) is 30.3 Å². The van der Waals surface area contributed by atoms with Crippen molar-refractivity contribution in [3.8, 4) is 5.75 Å². The molecule has 3 atom stereocenters. The van der Waals surface area contributed by atoms with Crippen molar-refractivity contribution in [2.24, 2.45) is 5.73 Å². The van der Waals surface area contributed by atoms with Crippen LogP contribution in [0.1, 0.15) is 42.9 Å². The summed E-state index contributed by atoms with van der Waals surface area (Å²) in [6.07, 6.45) is 4.59. The molecule has 1 heterocycles. The fourth-order valence-electron chi connectivity index (χ4n) is 3.52. The molecule has 2 aromatic carbocycles. The lowest BCUT2D eigenvalue weighted by atomic mass is 9.99. The fourth-order valence-corrected chi connectivity index (χ4v) is 3.52. The Balaban J connectivity index is 1.52. The van der Waals surface area contributed by atoms with Crippen molar-refractivity contribution >= 4 is 0 Å². The number of halogens is 1. The summed E-state index contributed by atoms with van der Waals surface area (Å²) in [5.74, 6) is 0.419. The molecule has 25 heavy (non-hydrogen) atoms. The second-order valence-corrected chi connectivity index (χ2v) is 6.73. The van der Waals surface area contributed by atoms with Crippen LogP contribution >= 0.6 is 0 Å². The minimum absolute atomic E-state index is 0.110. The molecule has 2 N–H and O–H groups in total. The van der Waals surface area contributed by atoms with E-state index in [4.69, 9.17) is 15.2 Å². The number of hydrogen-bond donors (Lipinski definition) is 1. The van der Waals surface area contributed by atoms with Gasteiger partial charge in [-0.25, -0.2) is 4.39 Å². The zero-order valence-corrected chi connectivity index (χ0v) is 14.7. The molecule has 1 fully saturated rings. The Bertz CT molecular complexity index is 677. The number of aryl methyl sites for hydroxylation is 1. The molecular weight excluding hydrogens is 317 g/mol. The van der Waals surface area contributed by atoms with Gasteiger partial charge in [0.25, 0.3) is 0 Å². The van der Waals surface area contributed by atoms with Gasteiger partial charge >= 0.3 is 0 Å². The van der Waals surface area contributed by atoms with Crippen LogP contribution in [0.5, 0.6) is 5.75 Å². The van der Waals surface area contributed by atoms with Crippen molar-refractivity contribution in [2.75, 3.05) is 7.11 Å². The van der Waals surface area contributed by atoms with Crippen LogP contribution in [0.15, 0.2) is 48.5 Å². The van der Waals surface area contributed by atoms with Crippen molar-refractivity contribution < 1.29 is 13.9 Å². The highest BCUT2D eigenvalue weighted by molar-refractivity contribution is 5.36. The van der Waals surface area contributed by atoms with E-state index in [1.165, 1.54) is 17.7 Å². The van der Waals surface area contributed by atoms with Crippen molar-refractivity contribution in [3.05, 3.63) is 65.5 Å². The SMILES string of the molecule is COc1ccc(F)cc1C1CCC(CC(N)CCc2ccccc2)O1. The molecular formula is C21H26FNO2. The molecule has 0 aromatic heterocycles. The normalized spacial score (nSPS) is 21.2. The molecule has 1 saturated heterocycles. The summed E-state index contributed by atoms with van der Waals surface area (Å²) in [7, 11) is 1.60. The van der Waals surface area contributed by atoms with Crippen molar-refractivity contribution in [2.45, 2.75) is 50.4 Å². The van der Waals surface area contributed by atoms with E-state index in [0.29, 0.717) is 5.75 Å². The fraction of sp³-hybridized carbons (Fsp3) is 0.429. The van der Waals surface area contributed by atoms with Gasteiger partial charge in [0.2, 0.25) is 0 Å². The summed E-state index contributed by atoms with van der Waals surface area (Å²) >= 11 is 0. The van der Waals surface area contributed by atoms with Gasteiger partial charge in [-0.2, -0.15) is 0 Å². The first kappa shape index (κ1) is 17.9. The molecule has 3 nitrogen and oxygen atoms in total.